The maximum Gasteiger partial charge on any atom is 0.251 e. The van der Waals surface area contributed by atoms with Crippen LogP contribution in [0.15, 0.2) is 36.5 Å². The van der Waals surface area contributed by atoms with Gasteiger partial charge in [0.15, 0.2) is 17.2 Å². The molecule has 3 aromatic rings. The van der Waals surface area contributed by atoms with Gasteiger partial charge in [-0.15, -0.1) is 0 Å². The molecule has 0 atom stereocenters. The van der Waals surface area contributed by atoms with E-state index in [1.807, 2.05) is 6.07 Å². The van der Waals surface area contributed by atoms with Crippen LogP contribution in [-0.4, -0.2) is 26.2 Å². The second kappa shape index (κ2) is 5.20. The van der Waals surface area contributed by atoms with E-state index in [-0.39, 0.29) is 12.1 Å². The van der Waals surface area contributed by atoms with Crippen LogP contribution < -0.4 is 5.32 Å². The Hall–Kier alpha value is -2.96. The molecule has 0 aliphatic rings. The first-order valence-corrected chi connectivity index (χ1v) is 6.20. The highest BCUT2D eigenvalue weighted by molar-refractivity contribution is 5.94. The normalized spacial score (nSPS) is 10.7. The van der Waals surface area contributed by atoms with Gasteiger partial charge in [0.1, 0.15) is 0 Å². The van der Waals surface area contributed by atoms with Crippen LogP contribution in [0.1, 0.15) is 16.1 Å². The number of halogens is 1. The van der Waals surface area contributed by atoms with E-state index in [4.69, 9.17) is 0 Å². The summed E-state index contributed by atoms with van der Waals surface area (Å²) in [6.45, 7) is 0.221. The number of hydrogen-bond donors (Lipinski definition) is 3. The minimum atomic E-state index is -0.766. The minimum Gasteiger partial charge on any atom is -0.505 e. The number of nitrogens with one attached hydrogen (secondary N) is 2. The molecule has 21 heavy (non-hydrogen) atoms. The average Bonchev–Trinajstić information content (AvgIpc) is 2.91. The number of benzene rings is 1. The number of phenolic OH excluding ortho intramolecular Hbond substituents is 1. The Balaban J connectivity index is 1.75. The van der Waals surface area contributed by atoms with Crippen molar-refractivity contribution >= 4 is 16.9 Å². The van der Waals surface area contributed by atoms with Crippen LogP contribution in [0.3, 0.4) is 0 Å². The molecule has 106 valence electrons. The number of carbonyl (C=O) groups is 1. The second-order valence-corrected chi connectivity index (χ2v) is 4.43. The van der Waals surface area contributed by atoms with Crippen LogP contribution in [0.4, 0.5) is 4.39 Å². The number of aromatic nitrogens is 3. The van der Waals surface area contributed by atoms with Crippen molar-refractivity contribution in [1.29, 1.82) is 0 Å². The fourth-order valence-corrected chi connectivity index (χ4v) is 1.96. The molecule has 7 heteroatoms. The Kier molecular flexibility index (Phi) is 3.23. The van der Waals surface area contributed by atoms with Crippen molar-refractivity contribution in [1.82, 2.24) is 20.5 Å². The predicted molar refractivity (Wildman–Crippen MR) is 73.1 cm³/mol. The topological polar surface area (TPSA) is 90.9 Å². The van der Waals surface area contributed by atoms with Gasteiger partial charge in [0.25, 0.3) is 5.91 Å². The number of fused-ring (bicyclic) bond motifs is 1. The highest BCUT2D eigenvalue weighted by Crippen LogP contribution is 2.17. The Morgan fingerprint density at radius 3 is 3.05 bits per heavy atom. The number of rotatable bonds is 3. The number of amides is 1. The summed E-state index contributed by atoms with van der Waals surface area (Å²) in [5.74, 6) is -1.74. The number of aromatic hydroxyl groups is 1. The van der Waals surface area contributed by atoms with Gasteiger partial charge < -0.3 is 10.4 Å². The molecule has 0 unspecified atom stereocenters. The highest BCUT2D eigenvalue weighted by Gasteiger charge is 2.11. The number of phenols is 1. The molecule has 3 N–H and O–H groups in total. The third kappa shape index (κ3) is 2.53. The fraction of sp³-hybridized carbons (Fsp3) is 0.0714. The molecule has 0 aliphatic heterocycles. The van der Waals surface area contributed by atoms with Crippen molar-refractivity contribution < 1.29 is 14.3 Å². The molecular weight excluding hydrogens is 275 g/mol. The van der Waals surface area contributed by atoms with Crippen molar-refractivity contribution in [3.8, 4) is 5.75 Å². The average molecular weight is 286 g/mol. The Labute approximate surface area is 118 Å². The third-order valence-corrected chi connectivity index (χ3v) is 3.04. The molecule has 3 rings (SSSR count). The molecule has 0 saturated carbocycles. The van der Waals surface area contributed by atoms with Gasteiger partial charge in [0.05, 0.1) is 12.2 Å². The van der Waals surface area contributed by atoms with Gasteiger partial charge in [-0.05, 0) is 30.3 Å². The first kappa shape index (κ1) is 13.0. The molecule has 0 saturated heterocycles. The summed E-state index contributed by atoms with van der Waals surface area (Å²) in [7, 11) is 0. The molecule has 0 spiro atoms. The first-order chi connectivity index (χ1) is 10.1. The van der Waals surface area contributed by atoms with Gasteiger partial charge in [-0.3, -0.25) is 9.89 Å². The summed E-state index contributed by atoms with van der Waals surface area (Å²) in [4.78, 5) is 16.0. The van der Waals surface area contributed by atoms with Crippen LogP contribution in [0.2, 0.25) is 0 Å². The molecule has 1 amide bonds. The van der Waals surface area contributed by atoms with E-state index < -0.39 is 17.5 Å². The van der Waals surface area contributed by atoms with E-state index >= 15 is 0 Å². The number of H-pyrrole nitrogens is 1. The van der Waals surface area contributed by atoms with Gasteiger partial charge in [-0.2, -0.15) is 5.10 Å². The first-order valence-electron chi connectivity index (χ1n) is 6.20. The molecular formula is C14H11FN4O2. The fourth-order valence-electron chi connectivity index (χ4n) is 1.96. The lowest BCUT2D eigenvalue weighted by atomic mass is 10.2. The Morgan fingerprint density at radius 1 is 1.38 bits per heavy atom. The van der Waals surface area contributed by atoms with Gasteiger partial charge in [-0.25, -0.2) is 9.37 Å². The zero-order valence-corrected chi connectivity index (χ0v) is 10.8. The van der Waals surface area contributed by atoms with E-state index in [2.05, 4.69) is 20.5 Å². The highest BCUT2D eigenvalue weighted by atomic mass is 19.1. The lowest BCUT2D eigenvalue weighted by Gasteiger charge is -2.05. The minimum absolute atomic E-state index is 0.177. The summed E-state index contributed by atoms with van der Waals surface area (Å²) in [6, 6.07) is 7.05. The number of nitrogens with zero attached hydrogens (tertiary/aromatic N) is 2. The lowest BCUT2D eigenvalue weighted by Crippen LogP contribution is -2.23. The standard InChI is InChI=1S/C14H11FN4O2/c15-10-4-3-8(6-12(10)20)14(21)17-7-11-9-2-1-5-16-13(9)19-18-11/h1-6,20H,7H2,(H,17,21)(H,16,18,19). The molecule has 1 aromatic carbocycles. The summed E-state index contributed by atoms with van der Waals surface area (Å²) in [5, 5.41) is 19.6. The maximum absolute atomic E-state index is 12.9. The van der Waals surface area contributed by atoms with Gasteiger partial charge in [0, 0.05) is 17.1 Å². The molecule has 6 nitrogen and oxygen atoms in total. The van der Waals surface area contributed by atoms with Crippen molar-refractivity contribution in [2.24, 2.45) is 0 Å². The van der Waals surface area contributed by atoms with Crippen molar-refractivity contribution in [2.75, 3.05) is 0 Å². The van der Waals surface area contributed by atoms with E-state index in [1.54, 1.807) is 12.3 Å². The van der Waals surface area contributed by atoms with E-state index in [1.165, 1.54) is 6.07 Å². The van der Waals surface area contributed by atoms with Crippen molar-refractivity contribution in [3.63, 3.8) is 0 Å². The van der Waals surface area contributed by atoms with E-state index in [0.29, 0.717) is 5.65 Å². The zero-order valence-electron chi connectivity index (χ0n) is 10.8. The van der Waals surface area contributed by atoms with Crippen LogP contribution in [-0.2, 0) is 6.54 Å². The van der Waals surface area contributed by atoms with Gasteiger partial charge in [0.2, 0.25) is 0 Å². The Bertz CT molecular complexity index is 816. The molecule has 2 heterocycles. The smallest absolute Gasteiger partial charge is 0.251 e. The van der Waals surface area contributed by atoms with Crippen LogP contribution >= 0.6 is 0 Å². The number of hydrogen-bond acceptors (Lipinski definition) is 4. The third-order valence-electron chi connectivity index (χ3n) is 3.04. The molecule has 0 bridgehead atoms. The predicted octanol–water partition coefficient (Wildman–Crippen LogP) is 1.73. The summed E-state index contributed by atoms with van der Waals surface area (Å²) in [5.41, 5.74) is 1.47. The second-order valence-electron chi connectivity index (χ2n) is 4.43. The van der Waals surface area contributed by atoms with Crippen molar-refractivity contribution in [2.45, 2.75) is 6.54 Å². The van der Waals surface area contributed by atoms with Gasteiger partial charge >= 0.3 is 0 Å². The summed E-state index contributed by atoms with van der Waals surface area (Å²) >= 11 is 0. The van der Waals surface area contributed by atoms with Crippen LogP contribution in [0.25, 0.3) is 11.0 Å². The molecule has 0 aliphatic carbocycles. The molecule has 2 aromatic heterocycles. The number of carbonyl (C=O) groups excluding carboxylic acids is 1. The summed E-state index contributed by atoms with van der Waals surface area (Å²) in [6.07, 6.45) is 1.63. The van der Waals surface area contributed by atoms with Crippen molar-refractivity contribution in [3.05, 3.63) is 53.6 Å². The lowest BCUT2D eigenvalue weighted by molar-refractivity contribution is 0.0950. The van der Waals surface area contributed by atoms with Crippen LogP contribution in [0.5, 0.6) is 5.75 Å². The zero-order chi connectivity index (χ0) is 14.8. The van der Waals surface area contributed by atoms with Gasteiger partial charge in [-0.1, -0.05) is 0 Å². The largest absolute Gasteiger partial charge is 0.505 e. The monoisotopic (exact) mass is 286 g/mol. The quantitative estimate of drug-likeness (QED) is 0.684. The number of pyridine rings is 1. The maximum atomic E-state index is 12.9. The Morgan fingerprint density at radius 2 is 2.24 bits per heavy atom. The van der Waals surface area contributed by atoms with E-state index in [0.717, 1.165) is 23.2 Å². The van der Waals surface area contributed by atoms with E-state index in [9.17, 15) is 14.3 Å². The summed E-state index contributed by atoms with van der Waals surface area (Å²) < 4.78 is 12.9. The molecule has 0 radical (unpaired) electrons. The van der Waals surface area contributed by atoms with Crippen LogP contribution in [0, 0.1) is 5.82 Å². The SMILES string of the molecule is O=C(NCc1[nH]nc2ncccc12)c1ccc(F)c(O)c1. The molecule has 0 fully saturated rings. The number of aromatic amines is 1.